The Morgan fingerprint density at radius 1 is 1.70 bits per heavy atom. The van der Waals surface area contributed by atoms with Crippen LogP contribution in [0.5, 0.6) is 0 Å². The first-order valence-corrected chi connectivity index (χ1v) is 4.54. The molecule has 0 spiro atoms. The minimum Gasteiger partial charge on any atom is -0.276 e. The summed E-state index contributed by atoms with van der Waals surface area (Å²) in [5, 5.41) is 4.65. The highest BCUT2D eigenvalue weighted by atomic mass is 32.2. The van der Waals surface area contributed by atoms with Crippen molar-refractivity contribution in [3.63, 3.8) is 0 Å². The van der Waals surface area contributed by atoms with Crippen LogP contribution in [0.25, 0.3) is 0 Å². The van der Waals surface area contributed by atoms with Crippen LogP contribution >= 0.6 is 11.8 Å². The third kappa shape index (κ3) is 1.53. The van der Waals surface area contributed by atoms with Gasteiger partial charge in [0.1, 0.15) is 0 Å². The van der Waals surface area contributed by atoms with Gasteiger partial charge in [-0.3, -0.25) is 4.68 Å². The van der Waals surface area contributed by atoms with Crippen molar-refractivity contribution in [3.05, 3.63) is 18.0 Å². The summed E-state index contributed by atoms with van der Waals surface area (Å²) >= 11 is 1.84. The molecular weight excluding hydrogens is 144 g/mol. The van der Waals surface area contributed by atoms with Gasteiger partial charge in [0.25, 0.3) is 0 Å². The number of hydrogen-bond donors (Lipinski definition) is 0. The number of aryl methyl sites for hydroxylation is 1. The third-order valence-electron chi connectivity index (χ3n) is 1.55. The lowest BCUT2D eigenvalue weighted by Crippen LogP contribution is -1.85. The van der Waals surface area contributed by atoms with Crippen LogP contribution < -0.4 is 0 Å². The topological polar surface area (TPSA) is 17.8 Å². The van der Waals surface area contributed by atoms with Crippen molar-refractivity contribution in [1.29, 1.82) is 0 Å². The van der Waals surface area contributed by atoms with Crippen molar-refractivity contribution >= 4 is 11.8 Å². The first-order valence-electron chi connectivity index (χ1n) is 3.25. The summed E-state index contributed by atoms with van der Waals surface area (Å²) in [6.07, 6.45) is 6.08. The second-order valence-electron chi connectivity index (χ2n) is 2.33. The van der Waals surface area contributed by atoms with E-state index in [1.807, 2.05) is 29.7 Å². The van der Waals surface area contributed by atoms with Crippen LogP contribution in [0, 0.1) is 0 Å². The summed E-state index contributed by atoms with van der Waals surface area (Å²) < 4.78 is 1.84. The van der Waals surface area contributed by atoms with Crippen LogP contribution in [-0.2, 0) is 7.05 Å². The van der Waals surface area contributed by atoms with Crippen molar-refractivity contribution in [2.75, 3.05) is 6.26 Å². The Morgan fingerprint density at radius 2 is 2.40 bits per heavy atom. The van der Waals surface area contributed by atoms with Gasteiger partial charge in [0.2, 0.25) is 0 Å². The van der Waals surface area contributed by atoms with E-state index < -0.39 is 0 Å². The Hall–Kier alpha value is -0.440. The Balaban J connectivity index is 2.74. The maximum absolute atomic E-state index is 4.09. The molecule has 1 heterocycles. The van der Waals surface area contributed by atoms with Gasteiger partial charge in [0.15, 0.2) is 0 Å². The van der Waals surface area contributed by atoms with E-state index in [9.17, 15) is 0 Å². The lowest BCUT2D eigenvalue weighted by molar-refractivity contribution is 0.767. The average molecular weight is 156 g/mol. The van der Waals surface area contributed by atoms with Crippen LogP contribution in [0.3, 0.4) is 0 Å². The molecule has 2 nitrogen and oxygen atoms in total. The molecule has 0 radical (unpaired) electrons. The predicted molar refractivity (Wildman–Crippen MR) is 45.1 cm³/mol. The number of rotatable bonds is 2. The van der Waals surface area contributed by atoms with Crippen LogP contribution in [-0.4, -0.2) is 16.0 Å². The summed E-state index contributed by atoms with van der Waals surface area (Å²) in [5.74, 6) is 0. The van der Waals surface area contributed by atoms with Gasteiger partial charge < -0.3 is 0 Å². The fourth-order valence-electron chi connectivity index (χ4n) is 0.786. The minimum absolute atomic E-state index is 0.564. The molecule has 0 saturated heterocycles. The second-order valence-corrected chi connectivity index (χ2v) is 3.50. The molecule has 0 saturated carbocycles. The molecule has 3 heteroatoms. The maximum Gasteiger partial charge on any atom is 0.0532 e. The van der Waals surface area contributed by atoms with Gasteiger partial charge in [0, 0.05) is 24.1 Å². The van der Waals surface area contributed by atoms with Gasteiger partial charge in [-0.1, -0.05) is 0 Å². The molecule has 0 aliphatic rings. The van der Waals surface area contributed by atoms with Crippen LogP contribution in [0.4, 0.5) is 0 Å². The van der Waals surface area contributed by atoms with Crippen molar-refractivity contribution in [2.24, 2.45) is 7.05 Å². The highest BCUT2D eigenvalue weighted by Crippen LogP contribution is 2.24. The molecular formula is C7H12N2S. The van der Waals surface area contributed by atoms with E-state index in [-0.39, 0.29) is 0 Å². The van der Waals surface area contributed by atoms with E-state index in [2.05, 4.69) is 24.5 Å². The van der Waals surface area contributed by atoms with E-state index in [1.54, 1.807) is 0 Å². The Kier molecular flexibility index (Phi) is 2.38. The number of hydrogen-bond acceptors (Lipinski definition) is 2. The van der Waals surface area contributed by atoms with Crippen molar-refractivity contribution in [1.82, 2.24) is 9.78 Å². The predicted octanol–water partition coefficient (Wildman–Crippen LogP) is 1.84. The quantitative estimate of drug-likeness (QED) is 0.650. The second kappa shape index (κ2) is 3.10. The minimum atomic E-state index is 0.564. The zero-order valence-electron chi connectivity index (χ0n) is 6.53. The smallest absolute Gasteiger partial charge is 0.0532 e. The fraction of sp³-hybridized carbons (Fsp3) is 0.571. The van der Waals surface area contributed by atoms with E-state index >= 15 is 0 Å². The number of nitrogens with zero attached hydrogens (tertiary/aromatic N) is 2. The molecule has 1 aromatic heterocycles. The van der Waals surface area contributed by atoms with E-state index in [0.717, 1.165) is 0 Å². The van der Waals surface area contributed by atoms with Gasteiger partial charge in [-0.15, -0.1) is 0 Å². The molecule has 0 fully saturated rings. The molecule has 0 aromatic carbocycles. The van der Waals surface area contributed by atoms with E-state index in [1.165, 1.54) is 5.56 Å². The Bertz CT molecular complexity index is 207. The third-order valence-corrected chi connectivity index (χ3v) is 2.53. The largest absolute Gasteiger partial charge is 0.276 e. The van der Waals surface area contributed by atoms with Crippen LogP contribution in [0.15, 0.2) is 12.4 Å². The first kappa shape index (κ1) is 7.66. The van der Waals surface area contributed by atoms with Gasteiger partial charge in [-0.25, -0.2) is 0 Å². The molecule has 0 aliphatic heterocycles. The molecule has 0 bridgehead atoms. The van der Waals surface area contributed by atoms with Gasteiger partial charge in [-0.05, 0) is 13.2 Å². The summed E-state index contributed by atoms with van der Waals surface area (Å²) in [5.41, 5.74) is 1.30. The van der Waals surface area contributed by atoms with Crippen molar-refractivity contribution < 1.29 is 0 Å². The van der Waals surface area contributed by atoms with Gasteiger partial charge in [0.05, 0.1) is 6.20 Å². The highest BCUT2D eigenvalue weighted by molar-refractivity contribution is 7.98. The molecule has 10 heavy (non-hydrogen) atoms. The molecule has 1 aromatic rings. The fourth-order valence-corrected chi connectivity index (χ4v) is 1.18. The molecule has 0 N–H and O–H groups in total. The van der Waals surface area contributed by atoms with E-state index in [0.29, 0.717) is 5.25 Å². The molecule has 56 valence electrons. The Morgan fingerprint density at radius 3 is 2.80 bits per heavy atom. The number of thioether (sulfide) groups is 1. The molecule has 0 amide bonds. The SMILES string of the molecule is CSC(C)c1cnn(C)c1. The summed E-state index contributed by atoms with van der Waals surface area (Å²) in [7, 11) is 1.94. The lowest BCUT2D eigenvalue weighted by atomic mass is 10.3. The van der Waals surface area contributed by atoms with Crippen molar-refractivity contribution in [2.45, 2.75) is 12.2 Å². The van der Waals surface area contributed by atoms with E-state index in [4.69, 9.17) is 0 Å². The first-order chi connectivity index (χ1) is 4.74. The maximum atomic E-state index is 4.09. The average Bonchev–Trinajstić information content (AvgIpc) is 2.34. The van der Waals surface area contributed by atoms with Gasteiger partial charge in [-0.2, -0.15) is 16.9 Å². The zero-order chi connectivity index (χ0) is 7.56. The normalized spacial score (nSPS) is 13.5. The number of aromatic nitrogens is 2. The zero-order valence-corrected chi connectivity index (χ0v) is 7.35. The standard InChI is InChI=1S/C7H12N2S/c1-6(10-3)7-4-8-9(2)5-7/h4-6H,1-3H3. The lowest BCUT2D eigenvalue weighted by Gasteiger charge is -2.01. The monoisotopic (exact) mass is 156 g/mol. The Labute approximate surface area is 65.6 Å². The molecule has 1 atom stereocenters. The van der Waals surface area contributed by atoms with Crippen LogP contribution in [0.2, 0.25) is 0 Å². The van der Waals surface area contributed by atoms with Crippen molar-refractivity contribution in [3.8, 4) is 0 Å². The summed E-state index contributed by atoms with van der Waals surface area (Å²) in [6.45, 7) is 2.18. The van der Waals surface area contributed by atoms with Crippen LogP contribution in [0.1, 0.15) is 17.7 Å². The summed E-state index contributed by atoms with van der Waals surface area (Å²) in [4.78, 5) is 0. The molecule has 1 unspecified atom stereocenters. The molecule has 1 rings (SSSR count). The van der Waals surface area contributed by atoms with Gasteiger partial charge >= 0.3 is 0 Å². The molecule has 0 aliphatic carbocycles. The summed E-state index contributed by atoms with van der Waals surface area (Å²) in [6, 6.07) is 0. The highest BCUT2D eigenvalue weighted by Gasteiger charge is 2.03.